The highest BCUT2D eigenvalue weighted by molar-refractivity contribution is 7.91. The molecule has 0 radical (unpaired) electrons. The van der Waals surface area contributed by atoms with Crippen molar-refractivity contribution >= 4 is 33.3 Å². The molecule has 146 valence electrons. The van der Waals surface area contributed by atoms with E-state index in [0.29, 0.717) is 22.6 Å². The lowest BCUT2D eigenvalue weighted by Crippen LogP contribution is -2.24. The van der Waals surface area contributed by atoms with Crippen LogP contribution < -0.4 is 9.46 Å². The van der Waals surface area contributed by atoms with E-state index in [2.05, 4.69) is 14.2 Å². The highest BCUT2D eigenvalue weighted by atomic mass is 32.2. The van der Waals surface area contributed by atoms with Crippen molar-refractivity contribution in [1.29, 1.82) is 0 Å². The zero-order valence-corrected chi connectivity index (χ0v) is 16.8. The van der Waals surface area contributed by atoms with E-state index in [9.17, 15) is 18.0 Å². The molecular weight excluding hydrogens is 394 g/mol. The van der Waals surface area contributed by atoms with Crippen LogP contribution in [0.25, 0.3) is 0 Å². The van der Waals surface area contributed by atoms with Gasteiger partial charge in [-0.25, -0.2) is 22.7 Å². The molecule has 0 amide bonds. The van der Waals surface area contributed by atoms with Gasteiger partial charge in [0.1, 0.15) is 10.6 Å². The third kappa shape index (κ3) is 4.29. The third-order valence-corrected chi connectivity index (χ3v) is 6.96. The van der Waals surface area contributed by atoms with Crippen molar-refractivity contribution in [3.05, 3.63) is 45.8 Å². The molecule has 0 atom stereocenters. The van der Waals surface area contributed by atoms with E-state index in [-0.39, 0.29) is 26.8 Å². The lowest BCUT2D eigenvalue weighted by Gasteiger charge is -2.10. The smallest absolute Gasteiger partial charge is 0.348 e. The number of nitrogens with one attached hydrogen (secondary N) is 1. The van der Waals surface area contributed by atoms with E-state index in [1.165, 1.54) is 21.1 Å². The number of benzene rings is 1. The Morgan fingerprint density at radius 1 is 1.07 bits per heavy atom. The highest BCUT2D eigenvalue weighted by Gasteiger charge is 2.32. The summed E-state index contributed by atoms with van der Waals surface area (Å²) in [5.74, 6) is -1.06. The lowest BCUT2D eigenvalue weighted by molar-refractivity contribution is 0.0596. The number of sulfonamides is 1. The van der Waals surface area contributed by atoms with Gasteiger partial charge < -0.3 is 14.2 Å². The van der Waals surface area contributed by atoms with E-state index < -0.39 is 22.0 Å². The first-order valence-electron chi connectivity index (χ1n) is 7.68. The summed E-state index contributed by atoms with van der Waals surface area (Å²) in [6.45, 7) is 1.41. The van der Waals surface area contributed by atoms with Crippen molar-refractivity contribution in [3.8, 4) is 5.75 Å². The van der Waals surface area contributed by atoms with Gasteiger partial charge in [0.15, 0.2) is 4.21 Å². The summed E-state index contributed by atoms with van der Waals surface area (Å²) in [6, 6.07) is 6.92. The summed E-state index contributed by atoms with van der Waals surface area (Å²) in [5.41, 5.74) is 0.622. The maximum Gasteiger partial charge on any atom is 0.348 e. The maximum atomic E-state index is 12.8. The minimum atomic E-state index is -4.11. The monoisotopic (exact) mass is 413 g/mol. The van der Waals surface area contributed by atoms with Crippen LogP contribution in [0.3, 0.4) is 0 Å². The molecule has 27 heavy (non-hydrogen) atoms. The minimum Gasteiger partial charge on any atom is -0.496 e. The van der Waals surface area contributed by atoms with Gasteiger partial charge in [0.25, 0.3) is 10.0 Å². The number of hydrogen-bond donors (Lipinski definition) is 1. The van der Waals surface area contributed by atoms with Crippen LogP contribution >= 0.6 is 11.3 Å². The molecule has 10 heteroatoms. The average Bonchev–Trinajstić information content (AvgIpc) is 3.03. The molecule has 2 aromatic rings. The van der Waals surface area contributed by atoms with E-state index >= 15 is 0 Å². The highest BCUT2D eigenvalue weighted by Crippen LogP contribution is 2.33. The fourth-order valence-electron chi connectivity index (χ4n) is 2.39. The van der Waals surface area contributed by atoms with Crippen LogP contribution in [0.4, 0.5) is 0 Å². The third-order valence-electron chi connectivity index (χ3n) is 3.76. The van der Waals surface area contributed by atoms with E-state index in [1.807, 2.05) is 0 Å². The van der Waals surface area contributed by atoms with Gasteiger partial charge in [0.2, 0.25) is 0 Å². The number of esters is 2. The Balaban J connectivity index is 2.45. The standard InChI is InChI=1S/C17H19NO7S2/c1-10-13(15(19)24-3)17(26-14(10)16(20)25-4)27(21,22)18-9-11-7-5-6-8-12(11)23-2/h5-8,18H,9H2,1-4H3. The summed E-state index contributed by atoms with van der Waals surface area (Å²) in [5, 5.41) is 0. The molecule has 1 heterocycles. The van der Waals surface area contributed by atoms with E-state index in [0.717, 1.165) is 7.11 Å². The topological polar surface area (TPSA) is 108 Å². The number of hydrogen-bond acceptors (Lipinski definition) is 8. The Bertz CT molecular complexity index is 964. The molecular formula is C17H19NO7S2. The van der Waals surface area contributed by atoms with Crippen LogP contribution in [0, 0.1) is 6.92 Å². The molecule has 0 saturated heterocycles. The van der Waals surface area contributed by atoms with Gasteiger partial charge in [-0.1, -0.05) is 18.2 Å². The molecule has 0 saturated carbocycles. The van der Waals surface area contributed by atoms with Gasteiger partial charge in [-0.3, -0.25) is 0 Å². The molecule has 0 aliphatic heterocycles. The first-order valence-corrected chi connectivity index (χ1v) is 9.98. The van der Waals surface area contributed by atoms with Gasteiger partial charge in [-0.05, 0) is 18.6 Å². The summed E-state index contributed by atoms with van der Waals surface area (Å²) < 4.78 is 42.3. The van der Waals surface area contributed by atoms with Crippen LogP contribution in [-0.4, -0.2) is 41.7 Å². The van der Waals surface area contributed by atoms with E-state index in [4.69, 9.17) is 4.74 Å². The second kappa shape index (κ2) is 8.51. The second-order valence-corrected chi connectivity index (χ2v) is 8.32. The predicted octanol–water partition coefficient (Wildman–Crippen LogP) is 2.12. The zero-order valence-electron chi connectivity index (χ0n) is 15.2. The van der Waals surface area contributed by atoms with Crippen molar-refractivity contribution in [2.75, 3.05) is 21.3 Å². The number of methoxy groups -OCH3 is 3. The summed E-state index contributed by atoms with van der Waals surface area (Å²) >= 11 is 0.657. The normalized spacial score (nSPS) is 11.1. The molecule has 0 fully saturated rings. The average molecular weight is 413 g/mol. The number of thiophene rings is 1. The Hall–Kier alpha value is -2.43. The summed E-state index contributed by atoms with van der Waals surface area (Å²) in [4.78, 5) is 24.0. The Kier molecular flexibility index (Phi) is 6.58. The van der Waals surface area contributed by atoms with Crippen molar-refractivity contribution in [1.82, 2.24) is 4.72 Å². The lowest BCUT2D eigenvalue weighted by atomic mass is 10.2. The van der Waals surface area contributed by atoms with Crippen molar-refractivity contribution in [3.63, 3.8) is 0 Å². The van der Waals surface area contributed by atoms with Gasteiger partial charge in [0.05, 0.1) is 26.9 Å². The predicted molar refractivity (Wildman–Crippen MR) is 98.8 cm³/mol. The van der Waals surface area contributed by atoms with Crippen LogP contribution in [0.1, 0.15) is 31.2 Å². The summed E-state index contributed by atoms with van der Waals surface area (Å²) in [7, 11) is -0.319. The molecule has 2 rings (SSSR count). The van der Waals surface area contributed by atoms with Crippen molar-refractivity contribution in [2.24, 2.45) is 0 Å². The quantitative estimate of drug-likeness (QED) is 0.693. The number of carbonyl (C=O) groups is 2. The first kappa shape index (κ1) is 20.9. The fourth-order valence-corrected chi connectivity index (χ4v) is 5.18. The second-order valence-electron chi connectivity index (χ2n) is 5.34. The maximum absolute atomic E-state index is 12.8. The van der Waals surface area contributed by atoms with Gasteiger partial charge >= 0.3 is 11.9 Å². The van der Waals surface area contributed by atoms with Crippen molar-refractivity contribution in [2.45, 2.75) is 17.7 Å². The molecule has 8 nitrogen and oxygen atoms in total. The van der Waals surface area contributed by atoms with Gasteiger partial charge in [-0.2, -0.15) is 0 Å². The molecule has 0 spiro atoms. The van der Waals surface area contributed by atoms with Crippen LogP contribution in [0.2, 0.25) is 0 Å². The first-order chi connectivity index (χ1) is 12.8. The Morgan fingerprint density at radius 2 is 1.70 bits per heavy atom. The fraction of sp³-hybridized carbons (Fsp3) is 0.294. The number of carbonyl (C=O) groups excluding carboxylic acids is 2. The zero-order chi connectivity index (χ0) is 20.2. The van der Waals surface area contributed by atoms with E-state index in [1.54, 1.807) is 24.3 Å². The summed E-state index contributed by atoms with van der Waals surface area (Å²) in [6.07, 6.45) is 0. The molecule has 1 aromatic heterocycles. The molecule has 1 N–H and O–H groups in total. The molecule has 1 aromatic carbocycles. The Morgan fingerprint density at radius 3 is 2.30 bits per heavy atom. The van der Waals surface area contributed by atoms with Crippen LogP contribution in [-0.2, 0) is 26.0 Å². The molecule has 0 bridgehead atoms. The SMILES string of the molecule is COC(=O)c1sc(S(=O)(=O)NCc2ccccc2OC)c(C(=O)OC)c1C. The largest absolute Gasteiger partial charge is 0.496 e. The molecule has 0 unspecified atom stereocenters. The van der Waals surface area contributed by atoms with Gasteiger partial charge in [0, 0.05) is 12.1 Å². The molecule has 0 aliphatic rings. The number of rotatable bonds is 7. The molecule has 0 aliphatic carbocycles. The van der Waals surface area contributed by atoms with Crippen LogP contribution in [0.15, 0.2) is 28.5 Å². The van der Waals surface area contributed by atoms with Crippen LogP contribution in [0.5, 0.6) is 5.75 Å². The number of ether oxygens (including phenoxy) is 3. The minimum absolute atomic E-state index is 0.0237. The van der Waals surface area contributed by atoms with Gasteiger partial charge in [-0.15, -0.1) is 11.3 Å². The van der Waals surface area contributed by atoms with Crippen molar-refractivity contribution < 1.29 is 32.2 Å². The number of para-hydroxylation sites is 1. The Labute approximate surface area is 161 Å².